The van der Waals surface area contributed by atoms with Crippen molar-refractivity contribution in [3.8, 4) is 0 Å². The van der Waals surface area contributed by atoms with Gasteiger partial charge in [0, 0.05) is 18.3 Å². The van der Waals surface area contributed by atoms with Gasteiger partial charge >= 0.3 is 0 Å². The molecule has 16 heavy (non-hydrogen) atoms. The van der Waals surface area contributed by atoms with Crippen LogP contribution < -0.4 is 5.32 Å². The molecule has 0 radical (unpaired) electrons. The van der Waals surface area contributed by atoms with Crippen molar-refractivity contribution in [2.24, 2.45) is 7.05 Å². The Kier molecular flexibility index (Phi) is 4.17. The molecule has 6 heteroatoms. The summed E-state index contributed by atoms with van der Waals surface area (Å²) in [7, 11) is 1.89. The monoisotopic (exact) mass is 241 g/mol. The lowest BCUT2D eigenvalue weighted by molar-refractivity contribution is 0.529. The minimum Gasteiger partial charge on any atom is -0.313 e. The van der Waals surface area contributed by atoms with Crippen LogP contribution >= 0.6 is 11.8 Å². The summed E-state index contributed by atoms with van der Waals surface area (Å²) in [5, 5.41) is 16.7. The van der Waals surface area contributed by atoms with Crippen molar-refractivity contribution < 1.29 is 0 Å². The number of nitrogens with one attached hydrogen (secondary N) is 1. The molecule has 1 saturated carbocycles. The molecule has 1 heterocycles. The molecule has 2 atom stereocenters. The first kappa shape index (κ1) is 11.9. The van der Waals surface area contributed by atoms with Gasteiger partial charge in [0.25, 0.3) is 0 Å². The smallest absolute Gasteiger partial charge is 0.209 e. The zero-order valence-corrected chi connectivity index (χ0v) is 10.7. The van der Waals surface area contributed by atoms with E-state index in [0.717, 1.165) is 11.7 Å². The van der Waals surface area contributed by atoms with E-state index in [1.807, 2.05) is 18.8 Å². The van der Waals surface area contributed by atoms with Gasteiger partial charge in [0.1, 0.15) is 0 Å². The molecule has 90 valence electrons. The van der Waals surface area contributed by atoms with Gasteiger partial charge < -0.3 is 5.32 Å². The van der Waals surface area contributed by atoms with E-state index in [2.05, 4.69) is 27.8 Å². The SMILES string of the molecule is CCCNC1CCCC1Sc1nnnn1C. The Morgan fingerprint density at radius 1 is 1.50 bits per heavy atom. The number of hydrogen-bond donors (Lipinski definition) is 1. The van der Waals surface area contributed by atoms with Crippen LogP contribution in [0, 0.1) is 0 Å². The summed E-state index contributed by atoms with van der Waals surface area (Å²) >= 11 is 1.81. The van der Waals surface area contributed by atoms with E-state index in [0.29, 0.717) is 11.3 Å². The lowest BCUT2D eigenvalue weighted by atomic mass is 10.2. The average Bonchev–Trinajstić information content (AvgIpc) is 2.87. The molecule has 5 nitrogen and oxygen atoms in total. The van der Waals surface area contributed by atoms with Gasteiger partial charge in [-0.2, -0.15) is 0 Å². The molecule has 1 aromatic heterocycles. The highest BCUT2D eigenvalue weighted by Crippen LogP contribution is 2.33. The summed E-state index contributed by atoms with van der Waals surface area (Å²) in [6.07, 6.45) is 5.05. The lowest BCUT2D eigenvalue weighted by Crippen LogP contribution is -2.34. The van der Waals surface area contributed by atoms with Crippen molar-refractivity contribution in [2.75, 3.05) is 6.54 Å². The van der Waals surface area contributed by atoms with Crippen molar-refractivity contribution in [2.45, 2.75) is 49.1 Å². The first-order valence-electron chi connectivity index (χ1n) is 5.93. The number of aryl methyl sites for hydroxylation is 1. The highest BCUT2D eigenvalue weighted by Gasteiger charge is 2.28. The van der Waals surface area contributed by atoms with Gasteiger partial charge in [0.05, 0.1) is 0 Å². The van der Waals surface area contributed by atoms with Crippen LogP contribution in [-0.2, 0) is 7.05 Å². The van der Waals surface area contributed by atoms with E-state index in [-0.39, 0.29) is 0 Å². The van der Waals surface area contributed by atoms with Gasteiger partial charge in [-0.3, -0.25) is 0 Å². The van der Waals surface area contributed by atoms with E-state index in [9.17, 15) is 0 Å². The number of aromatic nitrogens is 4. The topological polar surface area (TPSA) is 55.6 Å². The van der Waals surface area contributed by atoms with Gasteiger partial charge in [0.2, 0.25) is 5.16 Å². The molecule has 0 aliphatic heterocycles. The zero-order chi connectivity index (χ0) is 11.4. The molecule has 0 saturated heterocycles. The van der Waals surface area contributed by atoms with Gasteiger partial charge in [0.15, 0.2) is 0 Å². The molecule has 2 rings (SSSR count). The number of rotatable bonds is 5. The van der Waals surface area contributed by atoms with Crippen molar-refractivity contribution in [3.05, 3.63) is 0 Å². The third-order valence-electron chi connectivity index (χ3n) is 2.95. The highest BCUT2D eigenvalue weighted by atomic mass is 32.2. The summed E-state index contributed by atoms with van der Waals surface area (Å²) in [6.45, 7) is 3.31. The second-order valence-corrected chi connectivity index (χ2v) is 5.44. The third kappa shape index (κ3) is 2.74. The molecule has 0 amide bonds. The summed E-state index contributed by atoms with van der Waals surface area (Å²) in [5.41, 5.74) is 0. The van der Waals surface area contributed by atoms with Gasteiger partial charge in [-0.25, -0.2) is 4.68 Å². The van der Waals surface area contributed by atoms with E-state index in [1.165, 1.54) is 25.7 Å². The molecule has 1 aliphatic rings. The van der Waals surface area contributed by atoms with E-state index < -0.39 is 0 Å². The summed E-state index contributed by atoms with van der Waals surface area (Å²) in [4.78, 5) is 0. The minimum atomic E-state index is 0.622. The zero-order valence-electron chi connectivity index (χ0n) is 9.89. The van der Waals surface area contributed by atoms with E-state index in [1.54, 1.807) is 4.68 Å². The predicted octanol–water partition coefficient (Wildman–Crippen LogP) is 1.22. The summed E-state index contributed by atoms with van der Waals surface area (Å²) in [5.74, 6) is 0. The Balaban J connectivity index is 1.91. The second-order valence-electron chi connectivity index (χ2n) is 4.23. The molecule has 0 spiro atoms. The van der Waals surface area contributed by atoms with Crippen LogP contribution in [0.25, 0.3) is 0 Å². The Hall–Kier alpha value is -0.620. The fourth-order valence-electron chi connectivity index (χ4n) is 2.09. The Bertz CT molecular complexity index is 327. The number of thioether (sulfide) groups is 1. The van der Waals surface area contributed by atoms with Gasteiger partial charge in [-0.05, 0) is 36.2 Å². The van der Waals surface area contributed by atoms with Crippen molar-refractivity contribution >= 4 is 11.8 Å². The van der Waals surface area contributed by atoms with Crippen molar-refractivity contribution in [3.63, 3.8) is 0 Å². The fraction of sp³-hybridized carbons (Fsp3) is 0.900. The normalized spacial score (nSPS) is 25.1. The van der Waals surface area contributed by atoms with Crippen LogP contribution in [0.2, 0.25) is 0 Å². The highest BCUT2D eigenvalue weighted by molar-refractivity contribution is 7.99. The standard InChI is InChI=1S/C10H19N5S/c1-3-7-11-8-5-4-6-9(8)16-10-12-13-14-15(10)2/h8-9,11H,3-7H2,1-2H3. The first-order chi connectivity index (χ1) is 7.81. The minimum absolute atomic E-state index is 0.622. The number of tetrazole rings is 1. The second kappa shape index (κ2) is 5.63. The van der Waals surface area contributed by atoms with E-state index in [4.69, 9.17) is 0 Å². The predicted molar refractivity (Wildman–Crippen MR) is 64.4 cm³/mol. The molecule has 1 N–H and O–H groups in total. The van der Waals surface area contributed by atoms with Crippen LogP contribution in [0.1, 0.15) is 32.6 Å². The van der Waals surface area contributed by atoms with Crippen molar-refractivity contribution in [1.29, 1.82) is 0 Å². The summed E-state index contributed by atoms with van der Waals surface area (Å²) in [6, 6.07) is 0.627. The molecular formula is C10H19N5S. The van der Waals surface area contributed by atoms with Crippen LogP contribution in [0.3, 0.4) is 0 Å². The molecule has 1 fully saturated rings. The maximum Gasteiger partial charge on any atom is 0.209 e. The number of nitrogens with zero attached hydrogens (tertiary/aromatic N) is 4. The molecule has 1 aliphatic carbocycles. The van der Waals surface area contributed by atoms with Crippen LogP contribution in [0.5, 0.6) is 0 Å². The quantitative estimate of drug-likeness (QED) is 0.840. The maximum atomic E-state index is 4.03. The van der Waals surface area contributed by atoms with Crippen LogP contribution in [0.15, 0.2) is 5.16 Å². The van der Waals surface area contributed by atoms with Crippen LogP contribution in [-0.4, -0.2) is 38.0 Å². The average molecular weight is 241 g/mol. The Morgan fingerprint density at radius 3 is 3.06 bits per heavy atom. The van der Waals surface area contributed by atoms with Gasteiger partial charge in [-0.15, -0.1) is 5.10 Å². The Labute approximate surface area is 100 Å². The largest absolute Gasteiger partial charge is 0.313 e. The molecule has 1 aromatic rings. The molecule has 2 unspecified atom stereocenters. The molecular weight excluding hydrogens is 222 g/mol. The van der Waals surface area contributed by atoms with Crippen molar-refractivity contribution in [1.82, 2.24) is 25.5 Å². The molecule has 0 bridgehead atoms. The third-order valence-corrected chi connectivity index (χ3v) is 4.37. The number of hydrogen-bond acceptors (Lipinski definition) is 5. The van der Waals surface area contributed by atoms with Crippen LogP contribution in [0.4, 0.5) is 0 Å². The van der Waals surface area contributed by atoms with Gasteiger partial charge in [-0.1, -0.05) is 25.1 Å². The summed E-state index contributed by atoms with van der Waals surface area (Å²) < 4.78 is 1.75. The van der Waals surface area contributed by atoms with E-state index >= 15 is 0 Å². The fourth-order valence-corrected chi connectivity index (χ4v) is 3.31. The first-order valence-corrected chi connectivity index (χ1v) is 6.81. The Morgan fingerprint density at radius 2 is 2.38 bits per heavy atom. The maximum absolute atomic E-state index is 4.03. The molecule has 0 aromatic carbocycles. The lowest BCUT2D eigenvalue weighted by Gasteiger charge is -2.19.